The van der Waals surface area contributed by atoms with Crippen LogP contribution in [0, 0.1) is 5.92 Å². The highest BCUT2D eigenvalue weighted by molar-refractivity contribution is 7.11. The summed E-state index contributed by atoms with van der Waals surface area (Å²) in [5.41, 5.74) is 1.25. The third kappa shape index (κ3) is 3.33. The number of rotatable bonds is 4. The van der Waals surface area contributed by atoms with E-state index in [4.69, 9.17) is 0 Å². The summed E-state index contributed by atoms with van der Waals surface area (Å²) in [6.07, 6.45) is 5.19. The largest absolute Gasteiger partial charge is 0.307 e. The number of benzene rings is 1. The maximum Gasteiger partial charge on any atom is 0.139 e. The first-order chi connectivity index (χ1) is 10.3. The molecule has 4 heteroatoms. The molecule has 3 rings (SSSR count). The van der Waals surface area contributed by atoms with E-state index in [0.29, 0.717) is 5.92 Å². The molecule has 1 aliphatic rings. The van der Waals surface area contributed by atoms with Gasteiger partial charge in [0.2, 0.25) is 0 Å². The molecule has 0 aliphatic heterocycles. The maximum atomic E-state index is 4.49. The highest BCUT2D eigenvalue weighted by Crippen LogP contribution is 2.37. The first kappa shape index (κ1) is 14.7. The molecule has 1 heterocycles. The van der Waals surface area contributed by atoms with Crippen LogP contribution in [0.15, 0.2) is 30.3 Å². The van der Waals surface area contributed by atoms with Gasteiger partial charge in [-0.1, -0.05) is 61.4 Å². The van der Waals surface area contributed by atoms with Gasteiger partial charge < -0.3 is 5.32 Å². The monoisotopic (exact) mass is 301 g/mol. The van der Waals surface area contributed by atoms with E-state index in [2.05, 4.69) is 46.7 Å². The summed E-state index contributed by atoms with van der Waals surface area (Å²) in [5.74, 6) is 1.50. The minimum atomic E-state index is 0.153. The Hall–Kier alpha value is -1.26. The van der Waals surface area contributed by atoms with Gasteiger partial charge in [0, 0.05) is 5.92 Å². The van der Waals surface area contributed by atoms with E-state index < -0.39 is 0 Å². The second-order valence-electron chi connectivity index (χ2n) is 6.07. The van der Waals surface area contributed by atoms with Crippen molar-refractivity contribution >= 4 is 11.3 Å². The molecule has 0 bridgehead atoms. The highest BCUT2D eigenvalue weighted by atomic mass is 32.1. The van der Waals surface area contributed by atoms with Crippen molar-refractivity contribution in [2.24, 2.45) is 5.92 Å². The molecule has 0 radical (unpaired) electrons. The number of nitrogens with zero attached hydrogens (tertiary/aromatic N) is 2. The minimum Gasteiger partial charge on any atom is -0.307 e. The lowest BCUT2D eigenvalue weighted by molar-refractivity contribution is 0.346. The molecule has 1 unspecified atom stereocenters. The van der Waals surface area contributed by atoms with Gasteiger partial charge in [0.05, 0.1) is 6.04 Å². The summed E-state index contributed by atoms with van der Waals surface area (Å²) in [7, 11) is 1.99. The van der Waals surface area contributed by atoms with E-state index in [-0.39, 0.29) is 6.04 Å². The molecule has 1 saturated carbocycles. The van der Waals surface area contributed by atoms with Crippen LogP contribution in [0.2, 0.25) is 0 Å². The number of aromatic nitrogens is 2. The maximum absolute atomic E-state index is 4.49. The van der Waals surface area contributed by atoms with Crippen LogP contribution in [-0.4, -0.2) is 17.2 Å². The average molecular weight is 301 g/mol. The SMILES string of the molecule is CNC(c1ccccc1)c1nnc(C2CCC(C)CC2)s1. The van der Waals surface area contributed by atoms with Crippen LogP contribution in [0.3, 0.4) is 0 Å². The van der Waals surface area contributed by atoms with Gasteiger partial charge in [0.25, 0.3) is 0 Å². The quantitative estimate of drug-likeness (QED) is 0.922. The van der Waals surface area contributed by atoms with Crippen LogP contribution < -0.4 is 5.32 Å². The number of hydrogen-bond acceptors (Lipinski definition) is 4. The van der Waals surface area contributed by atoms with Crippen LogP contribution in [-0.2, 0) is 0 Å². The van der Waals surface area contributed by atoms with Gasteiger partial charge in [-0.25, -0.2) is 0 Å². The summed E-state index contributed by atoms with van der Waals surface area (Å²) in [6, 6.07) is 10.6. The first-order valence-electron chi connectivity index (χ1n) is 7.83. The molecule has 1 atom stereocenters. The normalized spacial score (nSPS) is 23.9. The summed E-state index contributed by atoms with van der Waals surface area (Å²) >= 11 is 1.78. The summed E-state index contributed by atoms with van der Waals surface area (Å²) in [4.78, 5) is 0. The lowest BCUT2D eigenvalue weighted by Crippen LogP contribution is -2.17. The van der Waals surface area contributed by atoms with Crippen molar-refractivity contribution in [2.45, 2.75) is 44.6 Å². The van der Waals surface area contributed by atoms with Crippen molar-refractivity contribution in [2.75, 3.05) is 7.05 Å². The Labute approximate surface area is 130 Å². The van der Waals surface area contributed by atoms with E-state index in [1.165, 1.54) is 36.3 Å². The Bertz CT molecular complexity index is 558. The zero-order chi connectivity index (χ0) is 14.7. The van der Waals surface area contributed by atoms with E-state index in [1.807, 2.05) is 13.1 Å². The second kappa shape index (κ2) is 6.67. The first-order valence-corrected chi connectivity index (χ1v) is 8.65. The van der Waals surface area contributed by atoms with Gasteiger partial charge in [0.1, 0.15) is 10.0 Å². The molecule has 1 aromatic heterocycles. The van der Waals surface area contributed by atoms with Gasteiger partial charge in [-0.2, -0.15) is 0 Å². The fourth-order valence-electron chi connectivity index (χ4n) is 3.11. The summed E-state index contributed by atoms with van der Waals surface area (Å²) in [6.45, 7) is 2.36. The van der Waals surface area contributed by atoms with Crippen molar-refractivity contribution in [1.29, 1.82) is 0 Å². The lowest BCUT2D eigenvalue weighted by Gasteiger charge is -2.24. The molecule has 0 saturated heterocycles. The van der Waals surface area contributed by atoms with Gasteiger partial charge in [-0.05, 0) is 31.4 Å². The lowest BCUT2D eigenvalue weighted by atomic mass is 9.83. The van der Waals surface area contributed by atoms with Gasteiger partial charge in [-0.15, -0.1) is 10.2 Å². The third-order valence-corrected chi connectivity index (χ3v) is 5.64. The third-order valence-electron chi connectivity index (χ3n) is 4.49. The number of hydrogen-bond donors (Lipinski definition) is 1. The topological polar surface area (TPSA) is 37.8 Å². The average Bonchev–Trinajstić information content (AvgIpc) is 2.99. The van der Waals surface area contributed by atoms with E-state index in [9.17, 15) is 0 Å². The Morgan fingerprint density at radius 1 is 1.10 bits per heavy atom. The molecule has 0 spiro atoms. The molecule has 21 heavy (non-hydrogen) atoms. The smallest absolute Gasteiger partial charge is 0.139 e. The summed E-state index contributed by atoms with van der Waals surface area (Å²) in [5, 5.41) is 14.6. The second-order valence-corrected chi connectivity index (χ2v) is 7.11. The Balaban J connectivity index is 1.77. The highest BCUT2D eigenvalue weighted by Gasteiger charge is 2.24. The molecule has 1 aromatic carbocycles. The molecule has 0 amide bonds. The Kier molecular flexibility index (Phi) is 4.66. The minimum absolute atomic E-state index is 0.153. The van der Waals surface area contributed by atoms with Crippen molar-refractivity contribution in [1.82, 2.24) is 15.5 Å². The molecular formula is C17H23N3S. The number of nitrogens with one attached hydrogen (secondary N) is 1. The van der Waals surface area contributed by atoms with Gasteiger partial charge in [0.15, 0.2) is 0 Å². The molecule has 3 nitrogen and oxygen atoms in total. The Morgan fingerprint density at radius 2 is 1.81 bits per heavy atom. The molecule has 1 fully saturated rings. The standard InChI is InChI=1S/C17H23N3S/c1-12-8-10-14(11-9-12)16-19-20-17(21-16)15(18-2)13-6-4-3-5-7-13/h3-7,12,14-15,18H,8-11H2,1-2H3. The van der Waals surface area contributed by atoms with Crippen molar-refractivity contribution in [3.05, 3.63) is 45.9 Å². The van der Waals surface area contributed by atoms with Crippen molar-refractivity contribution in [3.8, 4) is 0 Å². The molecule has 1 aliphatic carbocycles. The van der Waals surface area contributed by atoms with Crippen molar-refractivity contribution in [3.63, 3.8) is 0 Å². The molecule has 112 valence electrons. The zero-order valence-electron chi connectivity index (χ0n) is 12.7. The van der Waals surface area contributed by atoms with Crippen LogP contribution in [0.4, 0.5) is 0 Å². The molecular weight excluding hydrogens is 278 g/mol. The molecule has 2 aromatic rings. The van der Waals surface area contributed by atoms with E-state index >= 15 is 0 Å². The van der Waals surface area contributed by atoms with Crippen LogP contribution in [0.25, 0.3) is 0 Å². The molecule has 1 N–H and O–H groups in total. The van der Waals surface area contributed by atoms with Crippen LogP contribution >= 0.6 is 11.3 Å². The fourth-order valence-corrected chi connectivity index (χ4v) is 4.27. The van der Waals surface area contributed by atoms with Crippen molar-refractivity contribution < 1.29 is 0 Å². The summed E-state index contributed by atoms with van der Waals surface area (Å²) < 4.78 is 0. The predicted octanol–water partition coefficient (Wildman–Crippen LogP) is 4.14. The van der Waals surface area contributed by atoms with Gasteiger partial charge in [-0.3, -0.25) is 0 Å². The zero-order valence-corrected chi connectivity index (χ0v) is 13.6. The van der Waals surface area contributed by atoms with E-state index in [1.54, 1.807) is 11.3 Å². The van der Waals surface area contributed by atoms with Crippen LogP contribution in [0.1, 0.15) is 60.1 Å². The fraction of sp³-hybridized carbons (Fsp3) is 0.529. The van der Waals surface area contributed by atoms with Gasteiger partial charge >= 0.3 is 0 Å². The Morgan fingerprint density at radius 3 is 2.48 bits per heavy atom. The van der Waals surface area contributed by atoms with Crippen LogP contribution in [0.5, 0.6) is 0 Å². The predicted molar refractivity (Wildman–Crippen MR) is 87.6 cm³/mol. The van der Waals surface area contributed by atoms with E-state index in [0.717, 1.165) is 10.9 Å².